The van der Waals surface area contributed by atoms with Gasteiger partial charge in [0.1, 0.15) is 5.69 Å². The molecule has 1 rings (SSSR count). The Bertz CT molecular complexity index is 435. The van der Waals surface area contributed by atoms with Gasteiger partial charge in [-0.2, -0.15) is 0 Å². The van der Waals surface area contributed by atoms with Crippen molar-refractivity contribution in [2.45, 2.75) is 26.3 Å². The lowest BCUT2D eigenvalue weighted by Crippen LogP contribution is -2.16. The van der Waals surface area contributed by atoms with Crippen LogP contribution in [0.3, 0.4) is 0 Å². The minimum atomic E-state index is -0.404. The van der Waals surface area contributed by atoms with Crippen molar-refractivity contribution >= 4 is 11.4 Å². The summed E-state index contributed by atoms with van der Waals surface area (Å²) < 4.78 is 0. The summed E-state index contributed by atoms with van der Waals surface area (Å²) in [5, 5.41) is 13.8. The van der Waals surface area contributed by atoms with E-state index in [2.05, 4.69) is 11.2 Å². The molecule has 0 amide bonds. The van der Waals surface area contributed by atoms with Crippen LogP contribution in [0.25, 0.3) is 0 Å². The van der Waals surface area contributed by atoms with E-state index in [1.165, 1.54) is 6.07 Å². The molecule has 4 heteroatoms. The van der Waals surface area contributed by atoms with Crippen molar-refractivity contribution in [1.82, 2.24) is 0 Å². The van der Waals surface area contributed by atoms with Crippen molar-refractivity contribution < 1.29 is 4.92 Å². The minimum Gasteiger partial charge on any atom is -0.366 e. The Morgan fingerprint density at radius 3 is 2.81 bits per heavy atom. The second-order valence-electron chi connectivity index (χ2n) is 3.55. The van der Waals surface area contributed by atoms with Gasteiger partial charge in [0.2, 0.25) is 0 Å². The molecule has 0 spiro atoms. The van der Waals surface area contributed by atoms with Crippen LogP contribution < -0.4 is 5.32 Å². The lowest BCUT2D eigenvalue weighted by atomic mass is 10.1. The van der Waals surface area contributed by atoms with E-state index in [1.807, 2.05) is 19.9 Å². The summed E-state index contributed by atoms with van der Waals surface area (Å²) in [6.45, 7) is 3.74. The highest BCUT2D eigenvalue weighted by molar-refractivity contribution is 5.63. The number of anilines is 1. The first-order valence-electron chi connectivity index (χ1n) is 5.06. The first-order chi connectivity index (χ1) is 7.58. The standard InChI is InChI=1S/C12H14N2O2/c1-4-10(5-2)13-11-7-6-9(3)8-12(11)14(15)16/h1,6-8,10,13H,5H2,2-3H3. The van der Waals surface area contributed by atoms with Gasteiger partial charge >= 0.3 is 0 Å². The van der Waals surface area contributed by atoms with E-state index in [1.54, 1.807) is 6.07 Å². The number of nitrogens with zero attached hydrogens (tertiary/aromatic N) is 1. The molecule has 0 saturated heterocycles. The first-order valence-corrected chi connectivity index (χ1v) is 5.06. The number of benzene rings is 1. The van der Waals surface area contributed by atoms with Gasteiger partial charge < -0.3 is 5.32 Å². The quantitative estimate of drug-likeness (QED) is 0.480. The number of aryl methyl sites for hydroxylation is 1. The van der Waals surface area contributed by atoms with Crippen LogP contribution in [0, 0.1) is 29.4 Å². The van der Waals surface area contributed by atoms with Crippen molar-refractivity contribution in [1.29, 1.82) is 0 Å². The number of nitro benzene ring substituents is 1. The van der Waals surface area contributed by atoms with Crippen molar-refractivity contribution in [3.05, 3.63) is 33.9 Å². The van der Waals surface area contributed by atoms with Gasteiger partial charge in [0.05, 0.1) is 11.0 Å². The summed E-state index contributed by atoms with van der Waals surface area (Å²) in [7, 11) is 0. The molecule has 0 bridgehead atoms. The molecule has 1 aromatic rings. The zero-order valence-electron chi connectivity index (χ0n) is 9.36. The van der Waals surface area contributed by atoms with Gasteiger partial charge in [0, 0.05) is 6.07 Å². The van der Waals surface area contributed by atoms with Crippen LogP contribution in [0.1, 0.15) is 18.9 Å². The zero-order chi connectivity index (χ0) is 12.1. The number of terminal acetylenes is 1. The predicted octanol–water partition coefficient (Wildman–Crippen LogP) is 2.73. The Morgan fingerprint density at radius 2 is 2.31 bits per heavy atom. The number of hydrogen-bond donors (Lipinski definition) is 1. The molecule has 0 aliphatic carbocycles. The Kier molecular flexibility index (Phi) is 3.90. The molecule has 0 fully saturated rings. The van der Waals surface area contributed by atoms with Crippen LogP contribution in [0.15, 0.2) is 18.2 Å². The second-order valence-corrected chi connectivity index (χ2v) is 3.55. The fourth-order valence-electron chi connectivity index (χ4n) is 1.36. The summed E-state index contributed by atoms with van der Waals surface area (Å²) in [6, 6.07) is 4.86. The van der Waals surface area contributed by atoms with Crippen molar-refractivity contribution in [3.63, 3.8) is 0 Å². The Balaban J connectivity index is 3.04. The molecule has 1 unspecified atom stereocenters. The fraction of sp³-hybridized carbons (Fsp3) is 0.333. The molecule has 0 radical (unpaired) electrons. The van der Waals surface area contributed by atoms with Crippen LogP contribution in [-0.4, -0.2) is 11.0 Å². The molecule has 0 heterocycles. The SMILES string of the molecule is C#CC(CC)Nc1ccc(C)cc1[N+](=O)[O-]. The van der Waals surface area contributed by atoms with Crippen molar-refractivity contribution in [2.75, 3.05) is 5.32 Å². The monoisotopic (exact) mass is 218 g/mol. The average Bonchev–Trinajstić information content (AvgIpc) is 2.27. The molecule has 0 aliphatic rings. The Labute approximate surface area is 94.8 Å². The third kappa shape index (κ3) is 2.74. The summed E-state index contributed by atoms with van der Waals surface area (Å²) in [6.07, 6.45) is 6.03. The predicted molar refractivity (Wildman–Crippen MR) is 64.4 cm³/mol. The summed E-state index contributed by atoms with van der Waals surface area (Å²) in [5.41, 5.74) is 1.39. The first kappa shape index (κ1) is 12.1. The van der Waals surface area contributed by atoms with Gasteiger partial charge in [-0.05, 0) is 25.0 Å². The number of rotatable bonds is 4. The highest BCUT2D eigenvalue weighted by atomic mass is 16.6. The number of nitro groups is 1. The average molecular weight is 218 g/mol. The van der Waals surface area contributed by atoms with E-state index in [-0.39, 0.29) is 11.7 Å². The van der Waals surface area contributed by atoms with E-state index >= 15 is 0 Å². The van der Waals surface area contributed by atoms with Gasteiger partial charge in [-0.15, -0.1) is 6.42 Å². The lowest BCUT2D eigenvalue weighted by molar-refractivity contribution is -0.384. The molecule has 84 valence electrons. The van der Waals surface area contributed by atoms with E-state index in [0.29, 0.717) is 5.69 Å². The number of nitrogens with one attached hydrogen (secondary N) is 1. The topological polar surface area (TPSA) is 55.2 Å². The van der Waals surface area contributed by atoms with E-state index in [9.17, 15) is 10.1 Å². The lowest BCUT2D eigenvalue weighted by Gasteiger charge is -2.12. The Morgan fingerprint density at radius 1 is 1.62 bits per heavy atom. The molecule has 1 N–H and O–H groups in total. The highest BCUT2D eigenvalue weighted by Gasteiger charge is 2.15. The maximum atomic E-state index is 10.8. The molecule has 1 aromatic carbocycles. The molecule has 4 nitrogen and oxygen atoms in total. The zero-order valence-corrected chi connectivity index (χ0v) is 9.36. The largest absolute Gasteiger partial charge is 0.366 e. The summed E-state index contributed by atoms with van der Waals surface area (Å²) in [5.74, 6) is 2.55. The molecule has 0 aliphatic heterocycles. The maximum Gasteiger partial charge on any atom is 0.292 e. The van der Waals surface area contributed by atoms with Gasteiger partial charge in [-0.1, -0.05) is 18.9 Å². The summed E-state index contributed by atoms with van der Waals surface area (Å²) in [4.78, 5) is 10.4. The van der Waals surface area contributed by atoms with Crippen molar-refractivity contribution in [2.24, 2.45) is 0 Å². The third-order valence-electron chi connectivity index (χ3n) is 2.29. The van der Waals surface area contributed by atoms with Crippen LogP contribution in [0.5, 0.6) is 0 Å². The molecular weight excluding hydrogens is 204 g/mol. The van der Waals surface area contributed by atoms with E-state index in [4.69, 9.17) is 6.42 Å². The van der Waals surface area contributed by atoms with Crippen LogP contribution >= 0.6 is 0 Å². The minimum absolute atomic E-state index is 0.0636. The van der Waals surface area contributed by atoms with E-state index in [0.717, 1.165) is 12.0 Å². The smallest absolute Gasteiger partial charge is 0.292 e. The molecule has 0 aromatic heterocycles. The molecule has 1 atom stereocenters. The number of hydrogen-bond acceptors (Lipinski definition) is 3. The van der Waals surface area contributed by atoms with Crippen LogP contribution in [0.2, 0.25) is 0 Å². The normalized spacial score (nSPS) is 11.6. The molecule has 16 heavy (non-hydrogen) atoms. The van der Waals surface area contributed by atoms with Crippen molar-refractivity contribution in [3.8, 4) is 12.3 Å². The van der Waals surface area contributed by atoms with Crippen LogP contribution in [-0.2, 0) is 0 Å². The van der Waals surface area contributed by atoms with Gasteiger partial charge in [0.25, 0.3) is 5.69 Å². The summed E-state index contributed by atoms with van der Waals surface area (Å²) >= 11 is 0. The molecular formula is C12H14N2O2. The van der Waals surface area contributed by atoms with Gasteiger partial charge in [-0.3, -0.25) is 10.1 Å². The van der Waals surface area contributed by atoms with Gasteiger partial charge in [0.15, 0.2) is 0 Å². The highest BCUT2D eigenvalue weighted by Crippen LogP contribution is 2.26. The van der Waals surface area contributed by atoms with E-state index < -0.39 is 4.92 Å². The molecule has 0 saturated carbocycles. The van der Waals surface area contributed by atoms with Crippen LogP contribution in [0.4, 0.5) is 11.4 Å². The third-order valence-corrected chi connectivity index (χ3v) is 2.29. The Hall–Kier alpha value is -2.02. The fourth-order valence-corrected chi connectivity index (χ4v) is 1.36. The van der Waals surface area contributed by atoms with Gasteiger partial charge in [-0.25, -0.2) is 0 Å². The second kappa shape index (κ2) is 5.17. The maximum absolute atomic E-state index is 10.8.